The summed E-state index contributed by atoms with van der Waals surface area (Å²) in [5, 5.41) is 5.83. The first-order valence-corrected chi connectivity index (χ1v) is 8.94. The van der Waals surface area contributed by atoms with Gasteiger partial charge in [0.2, 0.25) is 0 Å². The summed E-state index contributed by atoms with van der Waals surface area (Å²) in [4.78, 5) is 27.9. The number of nitrogens with one attached hydrogen (secondary N) is 2. The molecule has 0 atom stereocenters. The number of carbonyl (C=O) groups excluding carboxylic acids is 2. The van der Waals surface area contributed by atoms with Crippen molar-refractivity contribution in [3.05, 3.63) is 78.0 Å². The van der Waals surface area contributed by atoms with Crippen LogP contribution in [-0.4, -0.2) is 30.6 Å². The van der Waals surface area contributed by atoms with E-state index >= 15 is 0 Å². The van der Waals surface area contributed by atoms with E-state index in [1.807, 2.05) is 37.3 Å². The smallest absolute Gasteiger partial charge is 0.337 e. The third-order valence-electron chi connectivity index (χ3n) is 3.99. The highest BCUT2D eigenvalue weighted by Crippen LogP contribution is 2.18. The molecule has 1 amide bonds. The average Bonchev–Trinajstić information content (AvgIpc) is 2.74. The van der Waals surface area contributed by atoms with Crippen LogP contribution < -0.4 is 15.4 Å². The standard InChI is InChI=1S/C22H21N3O4/c1-15-6-9-19(10-7-15)29-14-21(26)25-18-8-11-20(23-13-18)24-17-5-3-4-16(12-17)22(27)28-2/h3-13H,14H2,1-2H3,(H,23,24)(H,25,26). The van der Waals surface area contributed by atoms with Crippen LogP contribution in [0, 0.1) is 6.92 Å². The molecule has 0 aliphatic heterocycles. The van der Waals surface area contributed by atoms with Gasteiger partial charge < -0.3 is 20.1 Å². The van der Waals surface area contributed by atoms with Crippen LogP contribution in [-0.2, 0) is 9.53 Å². The third-order valence-corrected chi connectivity index (χ3v) is 3.99. The lowest BCUT2D eigenvalue weighted by molar-refractivity contribution is -0.118. The molecule has 3 aromatic rings. The van der Waals surface area contributed by atoms with Crippen molar-refractivity contribution < 1.29 is 19.1 Å². The number of rotatable bonds is 7. The Labute approximate surface area is 168 Å². The highest BCUT2D eigenvalue weighted by molar-refractivity contribution is 5.92. The van der Waals surface area contributed by atoms with Gasteiger partial charge in [0.05, 0.1) is 24.6 Å². The molecular formula is C22H21N3O4. The van der Waals surface area contributed by atoms with Crippen molar-refractivity contribution in [3.63, 3.8) is 0 Å². The number of hydrogen-bond acceptors (Lipinski definition) is 6. The van der Waals surface area contributed by atoms with Gasteiger partial charge in [-0.1, -0.05) is 23.8 Å². The van der Waals surface area contributed by atoms with E-state index in [1.165, 1.54) is 13.3 Å². The van der Waals surface area contributed by atoms with Gasteiger partial charge in [-0.2, -0.15) is 0 Å². The maximum atomic E-state index is 12.0. The van der Waals surface area contributed by atoms with Crippen LogP contribution in [0.2, 0.25) is 0 Å². The molecule has 0 bridgehead atoms. The number of ether oxygens (including phenoxy) is 2. The van der Waals surface area contributed by atoms with Crippen molar-refractivity contribution in [2.75, 3.05) is 24.4 Å². The van der Waals surface area contributed by atoms with Gasteiger partial charge in [0, 0.05) is 5.69 Å². The fraction of sp³-hybridized carbons (Fsp3) is 0.136. The quantitative estimate of drug-likeness (QED) is 0.593. The summed E-state index contributed by atoms with van der Waals surface area (Å²) >= 11 is 0. The Morgan fingerprint density at radius 3 is 2.48 bits per heavy atom. The number of methoxy groups -OCH3 is 1. The maximum Gasteiger partial charge on any atom is 0.337 e. The van der Waals surface area contributed by atoms with Crippen LogP contribution in [0.3, 0.4) is 0 Å². The largest absolute Gasteiger partial charge is 0.484 e. The van der Waals surface area contributed by atoms with Gasteiger partial charge in [0.25, 0.3) is 5.91 Å². The monoisotopic (exact) mass is 391 g/mol. The molecule has 7 nitrogen and oxygen atoms in total. The summed E-state index contributed by atoms with van der Waals surface area (Å²) in [7, 11) is 1.34. The predicted molar refractivity (Wildman–Crippen MR) is 111 cm³/mol. The zero-order valence-corrected chi connectivity index (χ0v) is 16.1. The summed E-state index contributed by atoms with van der Waals surface area (Å²) < 4.78 is 10.2. The zero-order valence-electron chi connectivity index (χ0n) is 16.1. The molecule has 3 rings (SSSR count). The zero-order chi connectivity index (χ0) is 20.6. The number of carbonyl (C=O) groups is 2. The highest BCUT2D eigenvalue weighted by Gasteiger charge is 2.07. The Kier molecular flexibility index (Phi) is 6.42. The number of anilines is 3. The van der Waals surface area contributed by atoms with Gasteiger partial charge in [0.15, 0.2) is 6.61 Å². The molecule has 7 heteroatoms. The first kappa shape index (κ1) is 19.9. The van der Waals surface area contributed by atoms with E-state index in [0.717, 1.165) is 5.56 Å². The summed E-state index contributed by atoms with van der Waals surface area (Å²) in [5.41, 5.74) is 2.81. The molecule has 0 saturated heterocycles. The number of esters is 1. The van der Waals surface area contributed by atoms with Gasteiger partial charge in [0.1, 0.15) is 11.6 Å². The van der Waals surface area contributed by atoms with Gasteiger partial charge in [-0.05, 0) is 49.4 Å². The highest BCUT2D eigenvalue weighted by atomic mass is 16.5. The van der Waals surface area contributed by atoms with Crippen LogP contribution in [0.4, 0.5) is 17.2 Å². The molecule has 29 heavy (non-hydrogen) atoms. The number of pyridine rings is 1. The number of nitrogens with zero attached hydrogens (tertiary/aromatic N) is 1. The van der Waals surface area contributed by atoms with Crippen LogP contribution in [0.5, 0.6) is 5.75 Å². The van der Waals surface area contributed by atoms with Crippen molar-refractivity contribution in [1.82, 2.24) is 4.98 Å². The summed E-state index contributed by atoms with van der Waals surface area (Å²) in [5.74, 6) is 0.518. The SMILES string of the molecule is COC(=O)c1cccc(Nc2ccc(NC(=O)COc3ccc(C)cc3)cn2)c1. The van der Waals surface area contributed by atoms with E-state index in [2.05, 4.69) is 15.6 Å². The maximum absolute atomic E-state index is 12.0. The van der Waals surface area contributed by atoms with E-state index in [1.54, 1.807) is 30.3 Å². The number of aromatic nitrogens is 1. The molecule has 1 aromatic heterocycles. The second kappa shape index (κ2) is 9.36. The molecule has 2 N–H and O–H groups in total. The van der Waals surface area contributed by atoms with Gasteiger partial charge in [-0.3, -0.25) is 4.79 Å². The molecular weight excluding hydrogens is 370 g/mol. The van der Waals surface area contributed by atoms with E-state index < -0.39 is 5.97 Å². The topological polar surface area (TPSA) is 89.6 Å². The van der Waals surface area contributed by atoms with Crippen molar-refractivity contribution in [3.8, 4) is 5.75 Å². The van der Waals surface area contributed by atoms with Crippen molar-refractivity contribution in [2.24, 2.45) is 0 Å². The molecule has 0 fully saturated rings. The number of hydrogen-bond donors (Lipinski definition) is 2. The van der Waals surface area contributed by atoms with E-state index in [4.69, 9.17) is 9.47 Å². The third kappa shape index (κ3) is 5.80. The molecule has 1 heterocycles. The Morgan fingerprint density at radius 2 is 1.79 bits per heavy atom. The first-order chi connectivity index (χ1) is 14.0. The summed E-state index contributed by atoms with van der Waals surface area (Å²) in [6, 6.07) is 17.8. The Hall–Kier alpha value is -3.87. The second-order valence-electron chi connectivity index (χ2n) is 6.28. The molecule has 0 saturated carbocycles. The van der Waals surface area contributed by atoms with Crippen molar-refractivity contribution in [1.29, 1.82) is 0 Å². The lowest BCUT2D eigenvalue weighted by Crippen LogP contribution is -2.20. The van der Waals surface area contributed by atoms with E-state index in [0.29, 0.717) is 28.5 Å². The summed E-state index contributed by atoms with van der Waals surface area (Å²) in [6.07, 6.45) is 1.54. The molecule has 0 spiro atoms. The number of aryl methyl sites for hydroxylation is 1. The molecule has 0 unspecified atom stereocenters. The minimum atomic E-state index is -0.410. The van der Waals surface area contributed by atoms with Gasteiger partial charge in [-0.15, -0.1) is 0 Å². The number of amides is 1. The van der Waals surface area contributed by atoms with Crippen LogP contribution in [0.1, 0.15) is 15.9 Å². The number of benzene rings is 2. The van der Waals surface area contributed by atoms with E-state index in [9.17, 15) is 9.59 Å². The van der Waals surface area contributed by atoms with E-state index in [-0.39, 0.29) is 12.5 Å². The lowest BCUT2D eigenvalue weighted by Gasteiger charge is -2.09. The molecule has 148 valence electrons. The second-order valence-corrected chi connectivity index (χ2v) is 6.28. The first-order valence-electron chi connectivity index (χ1n) is 8.94. The van der Waals surface area contributed by atoms with Gasteiger partial charge >= 0.3 is 5.97 Å². The minimum absolute atomic E-state index is 0.0939. The average molecular weight is 391 g/mol. The normalized spacial score (nSPS) is 10.1. The molecule has 2 aromatic carbocycles. The minimum Gasteiger partial charge on any atom is -0.484 e. The Bertz CT molecular complexity index is 986. The van der Waals surface area contributed by atoms with Crippen LogP contribution in [0.15, 0.2) is 66.9 Å². The Morgan fingerprint density at radius 1 is 1.00 bits per heavy atom. The van der Waals surface area contributed by atoms with Crippen molar-refractivity contribution in [2.45, 2.75) is 6.92 Å². The molecule has 0 aliphatic rings. The molecule has 0 aliphatic carbocycles. The van der Waals surface area contributed by atoms with Crippen LogP contribution in [0.25, 0.3) is 0 Å². The predicted octanol–water partition coefficient (Wildman–Crippen LogP) is 3.94. The fourth-order valence-electron chi connectivity index (χ4n) is 2.51. The van der Waals surface area contributed by atoms with Crippen molar-refractivity contribution >= 4 is 29.1 Å². The van der Waals surface area contributed by atoms with Crippen LogP contribution >= 0.6 is 0 Å². The summed E-state index contributed by atoms with van der Waals surface area (Å²) in [6.45, 7) is 1.89. The fourth-order valence-corrected chi connectivity index (χ4v) is 2.51. The Balaban J connectivity index is 1.54. The van der Waals surface area contributed by atoms with Gasteiger partial charge in [-0.25, -0.2) is 9.78 Å². The lowest BCUT2D eigenvalue weighted by atomic mass is 10.2. The molecule has 0 radical (unpaired) electrons.